The third kappa shape index (κ3) is 3.99. The summed E-state index contributed by atoms with van der Waals surface area (Å²) in [6.45, 7) is 2.42. The second kappa shape index (κ2) is 7.47. The first-order valence-corrected chi connectivity index (χ1v) is 7.03. The van der Waals surface area contributed by atoms with Crippen molar-refractivity contribution >= 4 is 23.7 Å². The molecular formula is C16H15ClN2O3. The van der Waals surface area contributed by atoms with Crippen LogP contribution in [0.1, 0.15) is 22.8 Å². The van der Waals surface area contributed by atoms with E-state index in [-0.39, 0.29) is 11.3 Å². The maximum atomic E-state index is 11.9. The monoisotopic (exact) mass is 318 g/mol. The van der Waals surface area contributed by atoms with Crippen molar-refractivity contribution in [1.82, 2.24) is 5.43 Å². The molecule has 0 aliphatic carbocycles. The lowest BCUT2D eigenvalue weighted by Crippen LogP contribution is -2.17. The van der Waals surface area contributed by atoms with Crippen molar-refractivity contribution in [2.24, 2.45) is 5.10 Å². The van der Waals surface area contributed by atoms with E-state index in [1.165, 1.54) is 24.4 Å². The Bertz CT molecular complexity index is 702. The Morgan fingerprint density at radius 2 is 2.14 bits per heavy atom. The molecule has 114 valence electrons. The average molecular weight is 319 g/mol. The summed E-state index contributed by atoms with van der Waals surface area (Å²) in [4.78, 5) is 11.9. The van der Waals surface area contributed by atoms with E-state index in [4.69, 9.17) is 16.3 Å². The number of halogens is 1. The third-order valence-corrected chi connectivity index (χ3v) is 3.03. The van der Waals surface area contributed by atoms with Gasteiger partial charge in [0, 0.05) is 10.6 Å². The van der Waals surface area contributed by atoms with Gasteiger partial charge in [-0.15, -0.1) is 0 Å². The van der Waals surface area contributed by atoms with Gasteiger partial charge in [0.2, 0.25) is 0 Å². The summed E-state index contributed by atoms with van der Waals surface area (Å²) >= 11 is 5.80. The van der Waals surface area contributed by atoms with Crippen LogP contribution in [0.4, 0.5) is 0 Å². The molecule has 2 rings (SSSR count). The van der Waals surface area contributed by atoms with E-state index in [9.17, 15) is 9.90 Å². The van der Waals surface area contributed by atoms with Gasteiger partial charge in [0.25, 0.3) is 5.91 Å². The lowest BCUT2D eigenvalue weighted by atomic mass is 10.2. The Morgan fingerprint density at radius 1 is 1.36 bits per heavy atom. The number of rotatable bonds is 5. The number of amides is 1. The molecular weight excluding hydrogens is 304 g/mol. The largest absolute Gasteiger partial charge is 0.507 e. The average Bonchev–Trinajstić information content (AvgIpc) is 2.51. The van der Waals surface area contributed by atoms with E-state index >= 15 is 0 Å². The van der Waals surface area contributed by atoms with Gasteiger partial charge in [-0.25, -0.2) is 5.43 Å². The minimum atomic E-state index is -0.551. The summed E-state index contributed by atoms with van der Waals surface area (Å²) in [6.07, 6.45) is 1.48. The van der Waals surface area contributed by atoms with E-state index in [2.05, 4.69) is 10.5 Å². The molecule has 2 aromatic carbocycles. The zero-order chi connectivity index (χ0) is 15.9. The van der Waals surface area contributed by atoms with Crippen LogP contribution < -0.4 is 10.2 Å². The lowest BCUT2D eigenvalue weighted by molar-refractivity contribution is 0.0952. The fourth-order valence-corrected chi connectivity index (χ4v) is 1.96. The number of aromatic hydroxyl groups is 1. The molecule has 1 amide bonds. The summed E-state index contributed by atoms with van der Waals surface area (Å²) in [5, 5.41) is 13.9. The van der Waals surface area contributed by atoms with Crippen LogP contribution in [0.5, 0.6) is 11.5 Å². The number of phenolic OH excluding ortho intramolecular Hbond substituents is 1. The second-order valence-electron chi connectivity index (χ2n) is 4.33. The number of para-hydroxylation sites is 1. The molecule has 0 atom stereocenters. The van der Waals surface area contributed by atoms with E-state index in [1.54, 1.807) is 0 Å². The molecule has 0 aliphatic rings. The predicted molar refractivity (Wildman–Crippen MR) is 85.8 cm³/mol. The molecule has 2 N–H and O–H groups in total. The molecule has 22 heavy (non-hydrogen) atoms. The number of hydrogen-bond acceptors (Lipinski definition) is 4. The van der Waals surface area contributed by atoms with Gasteiger partial charge in [0.1, 0.15) is 11.5 Å². The number of hydrogen-bond donors (Lipinski definition) is 2. The fraction of sp³-hybridized carbons (Fsp3) is 0.125. The topological polar surface area (TPSA) is 70.9 Å². The molecule has 6 heteroatoms. The Balaban J connectivity index is 2.09. The second-order valence-corrected chi connectivity index (χ2v) is 4.77. The smallest absolute Gasteiger partial charge is 0.275 e. The Kier molecular flexibility index (Phi) is 5.38. The normalized spacial score (nSPS) is 10.6. The van der Waals surface area contributed by atoms with Crippen molar-refractivity contribution in [3.05, 3.63) is 58.6 Å². The van der Waals surface area contributed by atoms with Gasteiger partial charge >= 0.3 is 0 Å². The third-order valence-electron chi connectivity index (χ3n) is 2.79. The first-order chi connectivity index (χ1) is 10.6. The fourth-order valence-electron chi connectivity index (χ4n) is 1.78. The van der Waals surface area contributed by atoms with Gasteiger partial charge in [-0.2, -0.15) is 5.10 Å². The van der Waals surface area contributed by atoms with Gasteiger partial charge in [0.05, 0.1) is 18.4 Å². The Labute approximate surface area is 133 Å². The highest BCUT2D eigenvalue weighted by molar-refractivity contribution is 6.31. The number of nitrogens with one attached hydrogen (secondary N) is 1. The number of hydrazone groups is 1. The molecule has 0 heterocycles. The van der Waals surface area contributed by atoms with E-state index in [1.807, 2.05) is 31.2 Å². The summed E-state index contributed by atoms with van der Waals surface area (Å²) < 4.78 is 5.45. The molecule has 5 nitrogen and oxygen atoms in total. The van der Waals surface area contributed by atoms with Gasteiger partial charge in [0.15, 0.2) is 0 Å². The van der Waals surface area contributed by atoms with Crippen molar-refractivity contribution in [1.29, 1.82) is 0 Å². The van der Waals surface area contributed by atoms with E-state index in [0.29, 0.717) is 17.4 Å². The molecule has 0 saturated carbocycles. The molecule has 0 aromatic heterocycles. The zero-order valence-electron chi connectivity index (χ0n) is 11.9. The van der Waals surface area contributed by atoms with Crippen molar-refractivity contribution in [2.75, 3.05) is 6.61 Å². The highest BCUT2D eigenvalue weighted by Gasteiger charge is 2.10. The van der Waals surface area contributed by atoms with E-state index < -0.39 is 5.91 Å². The van der Waals surface area contributed by atoms with Crippen LogP contribution in [0, 0.1) is 0 Å². The van der Waals surface area contributed by atoms with Crippen molar-refractivity contribution in [2.45, 2.75) is 6.92 Å². The molecule has 0 saturated heterocycles. The first-order valence-electron chi connectivity index (χ1n) is 6.65. The summed E-state index contributed by atoms with van der Waals surface area (Å²) in [5.41, 5.74) is 3.14. The van der Waals surface area contributed by atoms with Crippen LogP contribution in [0.2, 0.25) is 5.02 Å². The minimum Gasteiger partial charge on any atom is -0.507 e. The maximum absolute atomic E-state index is 11.9. The van der Waals surface area contributed by atoms with Gasteiger partial charge < -0.3 is 9.84 Å². The molecule has 0 radical (unpaired) electrons. The maximum Gasteiger partial charge on any atom is 0.275 e. The van der Waals surface area contributed by atoms with Crippen LogP contribution in [0.15, 0.2) is 47.6 Å². The molecule has 0 bridgehead atoms. The Morgan fingerprint density at radius 3 is 2.91 bits per heavy atom. The first kappa shape index (κ1) is 15.9. The van der Waals surface area contributed by atoms with Crippen LogP contribution in [0.3, 0.4) is 0 Å². The molecule has 0 spiro atoms. The van der Waals surface area contributed by atoms with E-state index in [0.717, 1.165) is 5.56 Å². The van der Waals surface area contributed by atoms with Gasteiger partial charge in [-0.3, -0.25) is 4.79 Å². The van der Waals surface area contributed by atoms with Gasteiger partial charge in [-0.05, 0) is 37.3 Å². The van der Waals surface area contributed by atoms with Crippen LogP contribution in [0.25, 0.3) is 0 Å². The number of ether oxygens (including phenoxy) is 1. The predicted octanol–water partition coefficient (Wildman–Crippen LogP) is 3.21. The number of carbonyl (C=O) groups is 1. The molecule has 0 fully saturated rings. The molecule has 0 unspecified atom stereocenters. The number of carbonyl (C=O) groups excluding carboxylic acids is 1. The number of benzene rings is 2. The Hall–Kier alpha value is -2.53. The lowest BCUT2D eigenvalue weighted by Gasteiger charge is -2.06. The SMILES string of the molecule is CCOc1ccccc1/C=N\NC(=O)c1cc(Cl)ccc1O. The molecule has 0 aliphatic heterocycles. The standard InChI is InChI=1S/C16H15ClN2O3/c1-2-22-15-6-4-3-5-11(15)10-18-19-16(21)13-9-12(17)7-8-14(13)20/h3-10,20H,2H2,1H3,(H,19,21)/b18-10-. The summed E-state index contributed by atoms with van der Waals surface area (Å²) in [7, 11) is 0. The van der Waals surface area contributed by atoms with Crippen molar-refractivity contribution < 1.29 is 14.6 Å². The van der Waals surface area contributed by atoms with Crippen molar-refractivity contribution in [3.8, 4) is 11.5 Å². The van der Waals surface area contributed by atoms with Crippen molar-refractivity contribution in [3.63, 3.8) is 0 Å². The summed E-state index contributed by atoms with van der Waals surface area (Å²) in [5.74, 6) is -0.0365. The van der Waals surface area contributed by atoms with Crippen LogP contribution in [-0.4, -0.2) is 23.8 Å². The zero-order valence-corrected chi connectivity index (χ0v) is 12.7. The quantitative estimate of drug-likeness (QED) is 0.657. The van der Waals surface area contributed by atoms with Crippen LogP contribution >= 0.6 is 11.6 Å². The highest BCUT2D eigenvalue weighted by atomic mass is 35.5. The minimum absolute atomic E-state index is 0.0581. The highest BCUT2D eigenvalue weighted by Crippen LogP contribution is 2.21. The summed E-state index contributed by atoms with van der Waals surface area (Å²) in [6, 6.07) is 11.5. The van der Waals surface area contributed by atoms with Gasteiger partial charge in [-0.1, -0.05) is 23.7 Å². The van der Waals surface area contributed by atoms with Crippen LogP contribution in [-0.2, 0) is 0 Å². The number of nitrogens with zero attached hydrogens (tertiary/aromatic N) is 1. The molecule has 2 aromatic rings. The number of phenols is 1.